The third-order valence-corrected chi connectivity index (χ3v) is 3.21. The van der Waals surface area contributed by atoms with Crippen LogP contribution in [-0.2, 0) is 19.3 Å². The molecular formula is C11H17NO5. The number of hydrogen-bond donors (Lipinski definition) is 1. The molecule has 6 heteroatoms. The Kier molecular flexibility index (Phi) is 3.78. The van der Waals surface area contributed by atoms with Gasteiger partial charge in [0.25, 0.3) is 0 Å². The van der Waals surface area contributed by atoms with Crippen molar-refractivity contribution in [2.45, 2.75) is 44.1 Å². The van der Waals surface area contributed by atoms with E-state index in [1.165, 1.54) is 13.2 Å². The number of carbonyl (C=O) groups excluding carboxylic acids is 1. The maximum atomic E-state index is 10.9. The summed E-state index contributed by atoms with van der Waals surface area (Å²) in [5.74, 6) is -0.428. The van der Waals surface area contributed by atoms with Gasteiger partial charge >= 0.3 is 5.97 Å². The number of rotatable bonds is 4. The van der Waals surface area contributed by atoms with Crippen molar-refractivity contribution in [3.8, 4) is 0 Å². The molecule has 96 valence electrons. The van der Waals surface area contributed by atoms with Crippen molar-refractivity contribution in [1.29, 1.82) is 0 Å². The molecule has 0 aromatic carbocycles. The van der Waals surface area contributed by atoms with Crippen LogP contribution in [0.3, 0.4) is 0 Å². The van der Waals surface area contributed by atoms with Crippen molar-refractivity contribution < 1.29 is 24.5 Å². The van der Waals surface area contributed by atoms with Crippen LogP contribution in [0.15, 0.2) is 12.2 Å². The molecule has 0 aromatic rings. The molecule has 2 unspecified atom stereocenters. The van der Waals surface area contributed by atoms with E-state index in [1.807, 2.05) is 0 Å². The van der Waals surface area contributed by atoms with E-state index in [1.54, 1.807) is 11.1 Å². The minimum absolute atomic E-state index is 0.320. The second-order valence-electron chi connectivity index (χ2n) is 4.30. The quantitative estimate of drug-likeness (QED) is 0.265. The Hall–Kier alpha value is -0.950. The first kappa shape index (κ1) is 12.5. The van der Waals surface area contributed by atoms with Gasteiger partial charge in [-0.2, -0.15) is 0 Å². The third-order valence-electron chi connectivity index (χ3n) is 3.21. The molecular weight excluding hydrogens is 226 g/mol. The summed E-state index contributed by atoms with van der Waals surface area (Å²) in [7, 11) is 1.32. The van der Waals surface area contributed by atoms with Gasteiger partial charge in [-0.05, 0) is 31.8 Å². The molecule has 0 spiro atoms. The molecule has 2 aliphatic rings. The molecule has 0 amide bonds. The summed E-state index contributed by atoms with van der Waals surface area (Å²) in [6.07, 6.45) is 7.15. The van der Waals surface area contributed by atoms with Crippen molar-refractivity contribution in [2.24, 2.45) is 0 Å². The lowest BCUT2D eigenvalue weighted by Gasteiger charge is -2.32. The molecule has 1 aliphatic heterocycles. The number of carbonyl (C=O) groups is 1. The van der Waals surface area contributed by atoms with Crippen molar-refractivity contribution in [2.75, 3.05) is 7.11 Å². The lowest BCUT2D eigenvalue weighted by molar-refractivity contribution is -0.373. The lowest BCUT2D eigenvalue weighted by Crippen LogP contribution is -2.42. The largest absolute Gasteiger partial charge is 0.466 e. The van der Waals surface area contributed by atoms with E-state index >= 15 is 0 Å². The van der Waals surface area contributed by atoms with E-state index in [-0.39, 0.29) is 6.23 Å². The summed E-state index contributed by atoms with van der Waals surface area (Å²) < 4.78 is 4.48. The Morgan fingerprint density at radius 3 is 2.76 bits per heavy atom. The SMILES string of the molecule is COC(=O)/C=C\C1ON1C1(OO)CCCCC1. The third kappa shape index (κ3) is 2.66. The fourth-order valence-electron chi connectivity index (χ4n) is 2.22. The summed E-state index contributed by atoms with van der Waals surface area (Å²) in [6, 6.07) is 0. The van der Waals surface area contributed by atoms with Crippen LogP contribution in [0.5, 0.6) is 0 Å². The highest BCUT2D eigenvalue weighted by Gasteiger charge is 2.53. The molecule has 2 rings (SSSR count). The van der Waals surface area contributed by atoms with E-state index in [9.17, 15) is 4.79 Å². The fraction of sp³-hybridized carbons (Fsp3) is 0.727. The van der Waals surface area contributed by atoms with E-state index < -0.39 is 11.7 Å². The normalized spacial score (nSPS) is 31.4. The maximum Gasteiger partial charge on any atom is 0.330 e. The van der Waals surface area contributed by atoms with Gasteiger partial charge in [0.2, 0.25) is 0 Å². The van der Waals surface area contributed by atoms with Gasteiger partial charge in [-0.15, -0.1) is 5.06 Å². The van der Waals surface area contributed by atoms with E-state index in [0.717, 1.165) is 32.1 Å². The summed E-state index contributed by atoms with van der Waals surface area (Å²) >= 11 is 0. The van der Waals surface area contributed by atoms with Gasteiger partial charge < -0.3 is 4.74 Å². The van der Waals surface area contributed by atoms with E-state index in [2.05, 4.69) is 9.62 Å². The first-order valence-electron chi connectivity index (χ1n) is 5.77. The van der Waals surface area contributed by atoms with Crippen molar-refractivity contribution in [3.05, 3.63) is 12.2 Å². The Balaban J connectivity index is 1.91. The lowest BCUT2D eigenvalue weighted by atomic mass is 9.92. The highest BCUT2D eigenvalue weighted by molar-refractivity contribution is 5.81. The first-order chi connectivity index (χ1) is 8.22. The molecule has 0 aromatic heterocycles. The number of methoxy groups -OCH3 is 1. The van der Waals surface area contributed by atoms with Crippen molar-refractivity contribution in [1.82, 2.24) is 5.06 Å². The smallest absolute Gasteiger partial charge is 0.330 e. The van der Waals surface area contributed by atoms with E-state index in [4.69, 9.17) is 10.1 Å². The van der Waals surface area contributed by atoms with Crippen LogP contribution in [0.2, 0.25) is 0 Å². The summed E-state index contributed by atoms with van der Waals surface area (Å²) in [5, 5.41) is 10.6. The summed E-state index contributed by atoms with van der Waals surface area (Å²) in [6.45, 7) is 0. The highest BCUT2D eigenvalue weighted by atomic mass is 17.1. The average Bonchev–Trinajstić information content (AvgIpc) is 3.17. The zero-order valence-corrected chi connectivity index (χ0v) is 9.80. The van der Waals surface area contributed by atoms with Gasteiger partial charge in [0.1, 0.15) is 0 Å². The van der Waals surface area contributed by atoms with Crippen LogP contribution >= 0.6 is 0 Å². The molecule has 6 nitrogen and oxygen atoms in total. The summed E-state index contributed by atoms with van der Waals surface area (Å²) in [5.41, 5.74) is -0.747. The average molecular weight is 243 g/mol. The Morgan fingerprint density at radius 2 is 2.18 bits per heavy atom. The van der Waals surface area contributed by atoms with Crippen molar-refractivity contribution >= 4 is 5.97 Å². The van der Waals surface area contributed by atoms with Crippen LogP contribution in [0.4, 0.5) is 0 Å². The van der Waals surface area contributed by atoms with Gasteiger partial charge in [-0.25, -0.2) is 14.9 Å². The highest BCUT2D eigenvalue weighted by Crippen LogP contribution is 2.42. The summed E-state index contributed by atoms with van der Waals surface area (Å²) in [4.78, 5) is 20.8. The predicted molar refractivity (Wildman–Crippen MR) is 57.4 cm³/mol. The van der Waals surface area contributed by atoms with Crippen LogP contribution in [-0.4, -0.2) is 35.4 Å². The van der Waals surface area contributed by atoms with Crippen LogP contribution in [0.1, 0.15) is 32.1 Å². The molecule has 1 saturated heterocycles. The molecule has 2 fully saturated rings. The van der Waals surface area contributed by atoms with E-state index in [0.29, 0.717) is 0 Å². The van der Waals surface area contributed by atoms with Gasteiger partial charge in [0.05, 0.1) is 7.11 Å². The Labute approximate surface area is 99.6 Å². The first-order valence-corrected chi connectivity index (χ1v) is 5.77. The zero-order valence-electron chi connectivity index (χ0n) is 9.80. The minimum atomic E-state index is -0.747. The van der Waals surface area contributed by atoms with Gasteiger partial charge in [0.15, 0.2) is 12.0 Å². The molecule has 17 heavy (non-hydrogen) atoms. The second kappa shape index (κ2) is 5.14. The Bertz CT molecular complexity index is 311. The number of hydroxylamine groups is 2. The van der Waals surface area contributed by atoms with Gasteiger partial charge in [-0.1, -0.05) is 6.42 Å². The molecule has 1 N–H and O–H groups in total. The standard InChI is InChI=1S/C11H17NO5/c1-15-10(13)6-5-9-12(16-9)11(17-14)7-3-2-4-8-11/h5-6,9,14H,2-4,7-8H2,1H3/b6-5-. The molecule has 1 heterocycles. The number of nitrogens with zero attached hydrogens (tertiary/aromatic N) is 1. The predicted octanol–water partition coefficient (Wildman–Crippen LogP) is 1.44. The molecule has 0 bridgehead atoms. The zero-order chi connectivity index (χ0) is 12.3. The molecule has 0 radical (unpaired) electrons. The monoisotopic (exact) mass is 243 g/mol. The Morgan fingerprint density at radius 1 is 1.47 bits per heavy atom. The topological polar surface area (TPSA) is 71.3 Å². The van der Waals surface area contributed by atoms with Crippen LogP contribution in [0.25, 0.3) is 0 Å². The molecule has 2 atom stereocenters. The molecule has 1 aliphatic carbocycles. The number of esters is 1. The van der Waals surface area contributed by atoms with Crippen molar-refractivity contribution in [3.63, 3.8) is 0 Å². The van der Waals surface area contributed by atoms with Gasteiger partial charge in [0, 0.05) is 6.08 Å². The minimum Gasteiger partial charge on any atom is -0.466 e. The number of hydrogen-bond acceptors (Lipinski definition) is 6. The van der Waals surface area contributed by atoms with Gasteiger partial charge in [-0.3, -0.25) is 4.84 Å². The second-order valence-corrected chi connectivity index (χ2v) is 4.30. The molecule has 1 saturated carbocycles. The maximum absolute atomic E-state index is 10.9. The van der Waals surface area contributed by atoms with Crippen LogP contribution < -0.4 is 0 Å². The fourth-order valence-corrected chi connectivity index (χ4v) is 2.22. The number of ether oxygens (including phenoxy) is 1. The van der Waals surface area contributed by atoms with Crippen LogP contribution in [0, 0.1) is 0 Å².